The highest BCUT2D eigenvalue weighted by atomic mass is 32.2. The van der Waals surface area contributed by atoms with E-state index in [4.69, 9.17) is 5.73 Å². The van der Waals surface area contributed by atoms with E-state index in [2.05, 4.69) is 13.9 Å². The molecule has 0 aromatic rings. The Balaban J connectivity index is 0.000000318. The molecule has 0 aromatic carbocycles. The molecule has 0 amide bonds. The van der Waals surface area contributed by atoms with Crippen molar-refractivity contribution in [1.82, 2.24) is 4.63 Å². The summed E-state index contributed by atoms with van der Waals surface area (Å²) in [6, 6.07) is 0.536. The summed E-state index contributed by atoms with van der Waals surface area (Å²) < 4.78 is 25.5. The molecule has 1 aliphatic rings. The highest BCUT2D eigenvalue weighted by molar-refractivity contribution is 7.84. The van der Waals surface area contributed by atoms with Crippen LogP contribution in [-0.2, 0) is 24.2 Å². The molecule has 0 heterocycles. The smallest absolute Gasteiger partial charge is 0.328 e. The van der Waals surface area contributed by atoms with E-state index in [1.54, 1.807) is 0 Å². The molecule has 0 saturated heterocycles. The highest BCUT2D eigenvalue weighted by Crippen LogP contribution is 2.14. The Labute approximate surface area is 103 Å². The third kappa shape index (κ3) is 6.92. The predicted octanol–water partition coefficient (Wildman–Crippen LogP) is 0.580. The molecule has 0 aliphatic heterocycles. The van der Waals surface area contributed by atoms with Crippen molar-refractivity contribution in [2.45, 2.75) is 38.1 Å². The first-order valence-corrected chi connectivity index (χ1v) is 6.79. The van der Waals surface area contributed by atoms with Crippen LogP contribution >= 0.6 is 0 Å². The maximum absolute atomic E-state index is 10.6. The van der Waals surface area contributed by atoms with E-state index in [9.17, 15) is 8.42 Å². The first-order valence-electron chi connectivity index (χ1n) is 5.42. The largest absolute Gasteiger partial charge is 0.384 e. The van der Waals surface area contributed by atoms with E-state index >= 15 is 0 Å². The number of hydrogen-bond donors (Lipinski definition) is 1. The Hall–Kier alpha value is -0.250. The van der Waals surface area contributed by atoms with Gasteiger partial charge in [-0.2, -0.15) is 8.42 Å². The summed E-state index contributed by atoms with van der Waals surface area (Å²) >= 11 is 0. The monoisotopic (exact) mass is 270 g/mol. The quantitative estimate of drug-likeness (QED) is 0.751. The molecule has 1 rings (SSSR count). The lowest BCUT2D eigenvalue weighted by molar-refractivity contribution is -0.275. The van der Waals surface area contributed by atoms with E-state index in [1.165, 1.54) is 32.1 Å². The standard InChI is InChI=1S/C6H13N.C3H9NO5S/c7-6-4-2-1-3-5-6;1-7-4(8-2)10(5,6)9-3/h6H,1-5,7H2;1-3H3. The van der Waals surface area contributed by atoms with Crippen molar-refractivity contribution in [3.63, 3.8) is 0 Å². The number of rotatable bonds is 4. The summed E-state index contributed by atoms with van der Waals surface area (Å²) in [5, 5.41) is 0. The van der Waals surface area contributed by atoms with Crippen LogP contribution in [0.4, 0.5) is 0 Å². The van der Waals surface area contributed by atoms with E-state index < -0.39 is 10.3 Å². The van der Waals surface area contributed by atoms with Gasteiger partial charge in [-0.25, -0.2) is 0 Å². The van der Waals surface area contributed by atoms with Crippen molar-refractivity contribution in [2.75, 3.05) is 21.3 Å². The van der Waals surface area contributed by atoms with Gasteiger partial charge in [-0.3, -0.25) is 13.9 Å². The van der Waals surface area contributed by atoms with Gasteiger partial charge in [0.15, 0.2) is 0 Å². The van der Waals surface area contributed by atoms with Crippen molar-refractivity contribution < 1.29 is 22.3 Å². The lowest BCUT2D eigenvalue weighted by atomic mass is 9.97. The van der Waals surface area contributed by atoms with Crippen LogP contribution in [0.2, 0.25) is 0 Å². The zero-order chi connectivity index (χ0) is 13.3. The Morgan fingerprint density at radius 2 is 1.53 bits per heavy atom. The molecular formula is C9H22N2O5S. The molecule has 0 aromatic heterocycles. The summed E-state index contributed by atoms with van der Waals surface area (Å²) in [7, 11) is -0.593. The third-order valence-corrected chi connectivity index (χ3v) is 3.43. The average Bonchev–Trinajstić information content (AvgIpc) is 2.32. The van der Waals surface area contributed by atoms with Crippen molar-refractivity contribution >= 4 is 10.3 Å². The minimum Gasteiger partial charge on any atom is -0.328 e. The van der Waals surface area contributed by atoms with Crippen molar-refractivity contribution in [1.29, 1.82) is 0 Å². The molecule has 1 saturated carbocycles. The predicted molar refractivity (Wildman–Crippen MR) is 62.8 cm³/mol. The van der Waals surface area contributed by atoms with Crippen LogP contribution in [0.5, 0.6) is 0 Å². The summed E-state index contributed by atoms with van der Waals surface area (Å²) in [6.07, 6.45) is 6.66. The van der Waals surface area contributed by atoms with Gasteiger partial charge in [0.05, 0.1) is 26.0 Å². The second-order valence-corrected chi connectivity index (χ2v) is 5.07. The first-order chi connectivity index (χ1) is 7.97. The van der Waals surface area contributed by atoms with E-state index in [0.29, 0.717) is 6.04 Å². The van der Waals surface area contributed by atoms with Gasteiger partial charge in [-0.05, 0) is 12.8 Å². The van der Waals surface area contributed by atoms with E-state index in [1.807, 2.05) is 0 Å². The van der Waals surface area contributed by atoms with Crippen molar-refractivity contribution in [2.24, 2.45) is 5.73 Å². The van der Waals surface area contributed by atoms with Crippen molar-refractivity contribution in [3.8, 4) is 0 Å². The van der Waals surface area contributed by atoms with Crippen LogP contribution in [0.1, 0.15) is 32.1 Å². The van der Waals surface area contributed by atoms with Gasteiger partial charge in [0.25, 0.3) is 0 Å². The second kappa shape index (κ2) is 8.78. The average molecular weight is 270 g/mol. The van der Waals surface area contributed by atoms with Crippen molar-refractivity contribution in [3.05, 3.63) is 0 Å². The van der Waals surface area contributed by atoms with Gasteiger partial charge < -0.3 is 5.73 Å². The highest BCUT2D eigenvalue weighted by Gasteiger charge is 2.20. The number of hydrogen-bond acceptors (Lipinski definition) is 6. The van der Waals surface area contributed by atoms with Crippen LogP contribution in [0, 0.1) is 0 Å². The summed E-state index contributed by atoms with van der Waals surface area (Å²) in [4.78, 5) is 8.51. The van der Waals surface area contributed by atoms with E-state index in [0.717, 1.165) is 21.3 Å². The fraction of sp³-hybridized carbons (Fsp3) is 1.00. The number of nitrogens with two attached hydrogens (primary N) is 1. The molecule has 0 unspecified atom stereocenters. The van der Waals surface area contributed by atoms with Crippen LogP contribution < -0.4 is 5.73 Å². The summed E-state index contributed by atoms with van der Waals surface area (Å²) in [6.45, 7) is 0. The zero-order valence-electron chi connectivity index (χ0n) is 10.6. The Bertz CT molecular complexity index is 273. The molecule has 0 bridgehead atoms. The lowest BCUT2D eigenvalue weighted by Gasteiger charge is -2.15. The molecule has 1 aliphatic carbocycles. The third-order valence-electron chi connectivity index (χ3n) is 2.34. The molecule has 1 fully saturated rings. The Kier molecular flexibility index (Phi) is 8.66. The molecule has 17 heavy (non-hydrogen) atoms. The second-order valence-electron chi connectivity index (χ2n) is 3.58. The molecule has 8 heteroatoms. The molecule has 0 spiro atoms. The van der Waals surface area contributed by atoms with Gasteiger partial charge >= 0.3 is 10.3 Å². The minimum absolute atomic E-state index is 0.243. The Morgan fingerprint density at radius 3 is 1.71 bits per heavy atom. The van der Waals surface area contributed by atoms with Crippen LogP contribution in [0.3, 0.4) is 0 Å². The van der Waals surface area contributed by atoms with Gasteiger partial charge in [0.2, 0.25) is 0 Å². The van der Waals surface area contributed by atoms with Crippen LogP contribution in [0.15, 0.2) is 0 Å². The topological polar surface area (TPSA) is 91.1 Å². The lowest BCUT2D eigenvalue weighted by Crippen LogP contribution is -2.29. The fourth-order valence-electron chi connectivity index (χ4n) is 1.45. The van der Waals surface area contributed by atoms with E-state index in [-0.39, 0.29) is 4.63 Å². The zero-order valence-corrected chi connectivity index (χ0v) is 11.4. The normalized spacial score (nSPS) is 17.7. The molecule has 0 atom stereocenters. The SMILES string of the molecule is CON(OC)S(=O)(=O)OC.NC1CCCCC1. The van der Waals surface area contributed by atoms with Crippen LogP contribution in [-0.4, -0.2) is 40.4 Å². The van der Waals surface area contributed by atoms with Gasteiger partial charge in [-0.15, -0.1) is 0 Å². The summed E-state index contributed by atoms with van der Waals surface area (Å²) in [5.41, 5.74) is 5.63. The van der Waals surface area contributed by atoms with Crippen LogP contribution in [0.25, 0.3) is 0 Å². The number of nitrogens with zero attached hydrogens (tertiary/aromatic N) is 1. The maximum atomic E-state index is 10.6. The first kappa shape index (κ1) is 16.8. The van der Waals surface area contributed by atoms with Gasteiger partial charge in [-0.1, -0.05) is 19.3 Å². The summed E-state index contributed by atoms with van der Waals surface area (Å²) in [5.74, 6) is 0. The fourth-order valence-corrected chi connectivity index (χ4v) is 1.94. The van der Waals surface area contributed by atoms with Gasteiger partial charge in [0.1, 0.15) is 0 Å². The maximum Gasteiger partial charge on any atom is 0.384 e. The minimum atomic E-state index is -3.87. The molecular weight excluding hydrogens is 248 g/mol. The Morgan fingerprint density at radius 1 is 1.06 bits per heavy atom. The molecule has 0 radical (unpaired) electrons. The van der Waals surface area contributed by atoms with Gasteiger partial charge in [0, 0.05) is 6.04 Å². The molecule has 7 nitrogen and oxygen atoms in total. The molecule has 104 valence electrons. The molecule has 2 N–H and O–H groups in total.